The molecule has 0 aromatic heterocycles. The Kier molecular flexibility index (Phi) is 3.83. The summed E-state index contributed by atoms with van der Waals surface area (Å²) in [7, 11) is 3.93. The second-order valence-corrected chi connectivity index (χ2v) is 3.13. The van der Waals surface area contributed by atoms with E-state index in [0.717, 1.165) is 26.2 Å². The van der Waals surface area contributed by atoms with Crippen molar-refractivity contribution in [3.63, 3.8) is 0 Å². The van der Waals surface area contributed by atoms with E-state index >= 15 is 0 Å². The molecule has 0 aliphatic carbocycles. The van der Waals surface area contributed by atoms with Gasteiger partial charge in [-0.15, -0.1) is 0 Å². The summed E-state index contributed by atoms with van der Waals surface area (Å²) in [5.74, 6) is 0. The number of nitrogens with zero attached hydrogens (tertiary/aromatic N) is 1. The van der Waals surface area contributed by atoms with Gasteiger partial charge in [-0.3, -0.25) is 4.90 Å². The number of hydrogen-bond donors (Lipinski definition) is 1. The fourth-order valence-electron chi connectivity index (χ4n) is 1.46. The van der Waals surface area contributed by atoms with E-state index in [9.17, 15) is 0 Å². The Morgan fingerprint density at radius 1 is 1.55 bits per heavy atom. The maximum Gasteiger partial charge on any atom is 0.0618 e. The minimum absolute atomic E-state index is 0.606. The normalized spacial score (nSPS) is 28.4. The van der Waals surface area contributed by atoms with Gasteiger partial charge in [-0.05, 0) is 20.0 Å². The summed E-state index contributed by atoms with van der Waals surface area (Å²) >= 11 is 0. The first kappa shape index (κ1) is 8.97. The molecule has 0 aromatic rings. The van der Waals surface area contributed by atoms with Crippen LogP contribution in [-0.4, -0.2) is 51.3 Å². The minimum atomic E-state index is 0.606. The number of nitrogens with one attached hydrogen (secondary N) is 1. The molecule has 0 amide bonds. The monoisotopic (exact) mass is 158 g/mol. The third-order valence-electron chi connectivity index (χ3n) is 2.28. The van der Waals surface area contributed by atoms with Crippen LogP contribution in [0.25, 0.3) is 0 Å². The van der Waals surface area contributed by atoms with E-state index < -0.39 is 0 Å². The molecule has 1 heterocycles. The van der Waals surface area contributed by atoms with Crippen LogP contribution in [0.4, 0.5) is 0 Å². The molecule has 1 atom stereocenters. The van der Waals surface area contributed by atoms with E-state index in [-0.39, 0.29) is 0 Å². The summed E-state index contributed by atoms with van der Waals surface area (Å²) in [6.07, 6.45) is 1.20. The lowest BCUT2D eigenvalue weighted by Gasteiger charge is -2.23. The lowest BCUT2D eigenvalue weighted by Crippen LogP contribution is -2.35. The summed E-state index contributed by atoms with van der Waals surface area (Å²) in [6, 6.07) is 0.606. The zero-order valence-corrected chi connectivity index (χ0v) is 7.47. The molecule has 1 rings (SSSR count). The molecule has 1 aliphatic rings. The molecule has 0 spiro atoms. The molecule has 1 aliphatic heterocycles. The van der Waals surface area contributed by atoms with Crippen LogP contribution in [0.5, 0.6) is 0 Å². The van der Waals surface area contributed by atoms with E-state index in [2.05, 4.69) is 17.3 Å². The molecule has 1 saturated heterocycles. The van der Waals surface area contributed by atoms with Crippen LogP contribution in [0.15, 0.2) is 0 Å². The van der Waals surface area contributed by atoms with Gasteiger partial charge in [0.05, 0.1) is 6.61 Å². The van der Waals surface area contributed by atoms with Crippen molar-refractivity contribution < 1.29 is 4.74 Å². The van der Waals surface area contributed by atoms with E-state index in [0.29, 0.717) is 6.04 Å². The van der Waals surface area contributed by atoms with Gasteiger partial charge in [0.1, 0.15) is 0 Å². The summed E-state index contributed by atoms with van der Waals surface area (Å²) in [5, 5.41) is 3.37. The molecule has 0 saturated carbocycles. The molecule has 0 bridgehead atoms. The van der Waals surface area contributed by atoms with Gasteiger partial charge >= 0.3 is 0 Å². The average Bonchev–Trinajstić information content (AvgIpc) is 2.18. The maximum atomic E-state index is 5.14. The SMILES string of the molecule is COCC1CCNCCN1C. The molecule has 1 unspecified atom stereocenters. The number of likely N-dealkylation sites (N-methyl/N-ethyl adjacent to an activating group) is 1. The van der Waals surface area contributed by atoms with Crippen molar-refractivity contribution in [1.29, 1.82) is 0 Å². The fraction of sp³-hybridized carbons (Fsp3) is 1.00. The highest BCUT2D eigenvalue weighted by molar-refractivity contribution is 4.73. The van der Waals surface area contributed by atoms with Gasteiger partial charge in [0.25, 0.3) is 0 Å². The summed E-state index contributed by atoms with van der Waals surface area (Å²) in [5.41, 5.74) is 0. The lowest BCUT2D eigenvalue weighted by molar-refractivity contribution is 0.110. The van der Waals surface area contributed by atoms with Gasteiger partial charge in [0.15, 0.2) is 0 Å². The second-order valence-electron chi connectivity index (χ2n) is 3.13. The Bertz CT molecular complexity index is 108. The van der Waals surface area contributed by atoms with Crippen LogP contribution in [0.1, 0.15) is 6.42 Å². The van der Waals surface area contributed by atoms with Gasteiger partial charge in [-0.1, -0.05) is 0 Å². The highest BCUT2D eigenvalue weighted by atomic mass is 16.5. The van der Waals surface area contributed by atoms with Crippen LogP contribution >= 0.6 is 0 Å². The molecule has 1 N–H and O–H groups in total. The highest BCUT2D eigenvalue weighted by Crippen LogP contribution is 2.03. The summed E-state index contributed by atoms with van der Waals surface area (Å²) in [4.78, 5) is 2.36. The van der Waals surface area contributed by atoms with Crippen molar-refractivity contribution >= 4 is 0 Å². The predicted octanol–water partition coefficient (Wildman–Crippen LogP) is -0.0735. The smallest absolute Gasteiger partial charge is 0.0618 e. The van der Waals surface area contributed by atoms with Crippen molar-refractivity contribution in [2.24, 2.45) is 0 Å². The molecule has 0 aromatic carbocycles. The minimum Gasteiger partial charge on any atom is -0.383 e. The van der Waals surface area contributed by atoms with E-state index in [1.54, 1.807) is 7.11 Å². The predicted molar refractivity (Wildman–Crippen MR) is 45.8 cm³/mol. The Balaban J connectivity index is 2.32. The molecular weight excluding hydrogens is 140 g/mol. The number of ether oxygens (including phenoxy) is 1. The fourth-order valence-corrected chi connectivity index (χ4v) is 1.46. The lowest BCUT2D eigenvalue weighted by atomic mass is 10.2. The molecule has 0 radical (unpaired) electrons. The Hall–Kier alpha value is -0.120. The summed E-state index contributed by atoms with van der Waals surface area (Å²) < 4.78 is 5.14. The van der Waals surface area contributed by atoms with Gasteiger partial charge in [-0.25, -0.2) is 0 Å². The van der Waals surface area contributed by atoms with E-state index in [1.165, 1.54) is 6.42 Å². The van der Waals surface area contributed by atoms with E-state index in [1.807, 2.05) is 0 Å². The largest absolute Gasteiger partial charge is 0.383 e. The van der Waals surface area contributed by atoms with Gasteiger partial charge in [0, 0.05) is 26.2 Å². The van der Waals surface area contributed by atoms with Crippen LogP contribution in [0.3, 0.4) is 0 Å². The van der Waals surface area contributed by atoms with Crippen molar-refractivity contribution in [2.75, 3.05) is 40.4 Å². The van der Waals surface area contributed by atoms with Crippen LogP contribution in [0.2, 0.25) is 0 Å². The Labute approximate surface area is 68.7 Å². The van der Waals surface area contributed by atoms with Gasteiger partial charge in [-0.2, -0.15) is 0 Å². The molecule has 1 fully saturated rings. The standard InChI is InChI=1S/C8H18N2O/c1-10-6-5-9-4-3-8(10)7-11-2/h8-9H,3-7H2,1-2H3. The van der Waals surface area contributed by atoms with Gasteiger partial charge < -0.3 is 10.1 Å². The third kappa shape index (κ3) is 2.77. The quantitative estimate of drug-likeness (QED) is 0.608. The van der Waals surface area contributed by atoms with Crippen molar-refractivity contribution in [2.45, 2.75) is 12.5 Å². The third-order valence-corrected chi connectivity index (χ3v) is 2.28. The second kappa shape index (κ2) is 4.70. The van der Waals surface area contributed by atoms with Crippen LogP contribution in [0, 0.1) is 0 Å². The zero-order chi connectivity index (χ0) is 8.10. The zero-order valence-electron chi connectivity index (χ0n) is 7.47. The first-order valence-electron chi connectivity index (χ1n) is 4.24. The van der Waals surface area contributed by atoms with Crippen molar-refractivity contribution in [3.05, 3.63) is 0 Å². The van der Waals surface area contributed by atoms with E-state index in [4.69, 9.17) is 4.74 Å². The molecule has 3 heteroatoms. The van der Waals surface area contributed by atoms with Crippen LogP contribution in [-0.2, 0) is 4.74 Å². The maximum absolute atomic E-state index is 5.14. The molecule has 3 nitrogen and oxygen atoms in total. The topological polar surface area (TPSA) is 24.5 Å². The molecule has 11 heavy (non-hydrogen) atoms. The molecular formula is C8H18N2O. The average molecular weight is 158 g/mol. The first-order valence-corrected chi connectivity index (χ1v) is 4.24. The Morgan fingerprint density at radius 2 is 2.36 bits per heavy atom. The van der Waals surface area contributed by atoms with Crippen molar-refractivity contribution in [3.8, 4) is 0 Å². The first-order chi connectivity index (χ1) is 5.34. The molecule has 66 valence electrons. The summed E-state index contributed by atoms with van der Waals surface area (Å²) in [6.45, 7) is 4.22. The Morgan fingerprint density at radius 3 is 3.09 bits per heavy atom. The van der Waals surface area contributed by atoms with Crippen molar-refractivity contribution in [1.82, 2.24) is 10.2 Å². The highest BCUT2D eigenvalue weighted by Gasteiger charge is 2.15. The number of rotatable bonds is 2. The van der Waals surface area contributed by atoms with Gasteiger partial charge in [0.2, 0.25) is 0 Å². The number of methoxy groups -OCH3 is 1. The van der Waals surface area contributed by atoms with Crippen LogP contribution < -0.4 is 5.32 Å². The number of hydrogen-bond acceptors (Lipinski definition) is 3.